The highest BCUT2D eigenvalue weighted by molar-refractivity contribution is 5.82. The summed E-state index contributed by atoms with van der Waals surface area (Å²) >= 11 is 0. The monoisotopic (exact) mass is 327 g/mol. The summed E-state index contributed by atoms with van der Waals surface area (Å²) in [7, 11) is 0. The molecule has 1 amide bonds. The maximum Gasteiger partial charge on any atom is 0.267 e. The lowest BCUT2D eigenvalue weighted by molar-refractivity contribution is -0.142. The van der Waals surface area contributed by atoms with Crippen molar-refractivity contribution in [3.05, 3.63) is 42.2 Å². The first kappa shape index (κ1) is 15.1. The van der Waals surface area contributed by atoms with Gasteiger partial charge < -0.3 is 14.4 Å². The van der Waals surface area contributed by atoms with Gasteiger partial charge in [0.15, 0.2) is 11.5 Å². The van der Waals surface area contributed by atoms with E-state index in [1.807, 2.05) is 53.2 Å². The largest absolute Gasteiger partial charge is 0.485 e. The number of carbonyl (C=O) groups excluding carboxylic acids is 1. The molecule has 2 aliphatic rings. The molecular formula is C18H21N3O3. The fourth-order valence-corrected chi connectivity index (χ4v) is 3.42. The van der Waals surface area contributed by atoms with E-state index in [4.69, 9.17) is 9.47 Å². The number of nitrogens with zero attached hydrogens (tertiary/aromatic N) is 3. The van der Waals surface area contributed by atoms with Crippen molar-refractivity contribution in [2.45, 2.75) is 38.5 Å². The lowest BCUT2D eigenvalue weighted by atomic mass is 10.2. The highest BCUT2D eigenvalue weighted by atomic mass is 16.6. The molecule has 2 atom stereocenters. The number of benzene rings is 1. The molecule has 0 N–H and O–H groups in total. The van der Waals surface area contributed by atoms with E-state index in [9.17, 15) is 4.79 Å². The number of ether oxygens (including phenoxy) is 2. The molecule has 1 aromatic carbocycles. The maximum absolute atomic E-state index is 12.9. The van der Waals surface area contributed by atoms with Crippen LogP contribution in [0.1, 0.15) is 18.4 Å². The van der Waals surface area contributed by atoms with E-state index in [-0.39, 0.29) is 18.6 Å². The average molecular weight is 327 g/mol. The van der Waals surface area contributed by atoms with Crippen molar-refractivity contribution in [1.29, 1.82) is 0 Å². The highest BCUT2D eigenvalue weighted by Crippen LogP contribution is 2.32. The molecule has 3 heterocycles. The van der Waals surface area contributed by atoms with Crippen molar-refractivity contribution < 1.29 is 14.3 Å². The summed E-state index contributed by atoms with van der Waals surface area (Å²) in [5, 5.41) is 4.34. The van der Waals surface area contributed by atoms with Crippen LogP contribution < -0.4 is 9.47 Å². The Labute approximate surface area is 141 Å². The standard InChI is InChI=1S/C18H21N3O3/c1-13-9-19-20(10-13)11-14-5-4-8-21(14)18(22)17-12-23-15-6-2-3-7-16(15)24-17/h2-3,6-7,9-10,14,17H,4-5,8,11-12H2,1H3. The minimum atomic E-state index is -0.570. The molecule has 6 heteroatoms. The number of aromatic nitrogens is 2. The van der Waals surface area contributed by atoms with E-state index in [0.717, 1.165) is 31.5 Å². The van der Waals surface area contributed by atoms with E-state index < -0.39 is 6.10 Å². The first-order valence-electron chi connectivity index (χ1n) is 8.39. The molecule has 2 aromatic rings. The molecular weight excluding hydrogens is 306 g/mol. The van der Waals surface area contributed by atoms with Crippen molar-refractivity contribution in [2.24, 2.45) is 0 Å². The number of amides is 1. The Morgan fingerprint density at radius 1 is 1.33 bits per heavy atom. The van der Waals surface area contributed by atoms with Gasteiger partial charge in [0.05, 0.1) is 18.8 Å². The average Bonchev–Trinajstić information content (AvgIpc) is 3.23. The molecule has 2 unspecified atom stereocenters. The van der Waals surface area contributed by atoms with Crippen LogP contribution in [0.25, 0.3) is 0 Å². The van der Waals surface area contributed by atoms with Crippen LogP contribution >= 0.6 is 0 Å². The van der Waals surface area contributed by atoms with E-state index in [1.54, 1.807) is 0 Å². The Morgan fingerprint density at radius 2 is 2.17 bits per heavy atom. The van der Waals surface area contributed by atoms with Gasteiger partial charge in [-0.25, -0.2) is 0 Å². The number of aryl methyl sites for hydroxylation is 1. The summed E-state index contributed by atoms with van der Waals surface area (Å²) in [5.41, 5.74) is 1.13. The summed E-state index contributed by atoms with van der Waals surface area (Å²) in [6, 6.07) is 7.63. The van der Waals surface area contributed by atoms with Crippen LogP contribution in [-0.2, 0) is 11.3 Å². The summed E-state index contributed by atoms with van der Waals surface area (Å²) in [4.78, 5) is 14.8. The molecule has 0 spiro atoms. The second-order valence-electron chi connectivity index (χ2n) is 6.43. The molecule has 1 aromatic heterocycles. The molecule has 6 nitrogen and oxygen atoms in total. The Hall–Kier alpha value is -2.50. The van der Waals surface area contributed by atoms with Gasteiger partial charge in [-0.15, -0.1) is 0 Å². The van der Waals surface area contributed by atoms with Gasteiger partial charge in [-0.05, 0) is 37.5 Å². The van der Waals surface area contributed by atoms with Crippen LogP contribution in [0, 0.1) is 6.92 Å². The van der Waals surface area contributed by atoms with Crippen LogP contribution in [0.15, 0.2) is 36.7 Å². The second-order valence-corrected chi connectivity index (χ2v) is 6.43. The number of rotatable bonds is 3. The van der Waals surface area contributed by atoms with Crippen LogP contribution in [0.5, 0.6) is 11.5 Å². The van der Waals surface area contributed by atoms with Crippen LogP contribution in [0.2, 0.25) is 0 Å². The van der Waals surface area contributed by atoms with E-state index in [1.165, 1.54) is 0 Å². The zero-order valence-electron chi connectivity index (χ0n) is 13.7. The highest BCUT2D eigenvalue weighted by Gasteiger charge is 2.36. The second kappa shape index (κ2) is 6.19. The molecule has 0 radical (unpaired) electrons. The van der Waals surface area contributed by atoms with Gasteiger partial charge in [-0.3, -0.25) is 9.48 Å². The lowest BCUT2D eigenvalue weighted by Crippen LogP contribution is -2.49. The van der Waals surface area contributed by atoms with Gasteiger partial charge in [-0.1, -0.05) is 12.1 Å². The van der Waals surface area contributed by atoms with Crippen LogP contribution in [-0.4, -0.2) is 45.9 Å². The Bertz CT molecular complexity index is 743. The molecule has 24 heavy (non-hydrogen) atoms. The predicted molar refractivity (Wildman–Crippen MR) is 88.1 cm³/mol. The van der Waals surface area contributed by atoms with Crippen LogP contribution in [0.4, 0.5) is 0 Å². The third kappa shape index (κ3) is 2.84. The Kier molecular flexibility index (Phi) is 3.88. The number of carbonyl (C=O) groups is 1. The SMILES string of the molecule is Cc1cnn(CC2CCCN2C(=O)C2COc3ccccc3O2)c1. The van der Waals surface area contributed by atoms with Gasteiger partial charge in [0.2, 0.25) is 6.10 Å². The van der Waals surface area contributed by atoms with Gasteiger partial charge in [0, 0.05) is 12.7 Å². The van der Waals surface area contributed by atoms with Gasteiger partial charge in [-0.2, -0.15) is 5.10 Å². The maximum atomic E-state index is 12.9. The molecule has 1 fully saturated rings. The summed E-state index contributed by atoms with van der Waals surface area (Å²) in [6.07, 6.45) is 5.29. The third-order valence-electron chi connectivity index (χ3n) is 4.60. The normalized spacial score (nSPS) is 22.6. The fraction of sp³-hybridized carbons (Fsp3) is 0.444. The summed E-state index contributed by atoms with van der Waals surface area (Å²) in [6.45, 7) is 3.78. The quantitative estimate of drug-likeness (QED) is 0.865. The predicted octanol–water partition coefficient (Wildman–Crippen LogP) is 2.02. The first-order valence-corrected chi connectivity index (χ1v) is 8.39. The van der Waals surface area contributed by atoms with E-state index in [2.05, 4.69) is 5.10 Å². The Balaban J connectivity index is 1.45. The topological polar surface area (TPSA) is 56.6 Å². The summed E-state index contributed by atoms with van der Waals surface area (Å²) < 4.78 is 13.5. The minimum absolute atomic E-state index is 0.0101. The van der Waals surface area contributed by atoms with Crippen molar-refractivity contribution in [1.82, 2.24) is 14.7 Å². The number of hydrogen-bond acceptors (Lipinski definition) is 4. The van der Waals surface area contributed by atoms with Gasteiger partial charge in [0.1, 0.15) is 6.61 Å². The molecule has 0 bridgehead atoms. The third-order valence-corrected chi connectivity index (χ3v) is 4.60. The lowest BCUT2D eigenvalue weighted by Gasteiger charge is -2.31. The summed E-state index contributed by atoms with van der Waals surface area (Å²) in [5.74, 6) is 1.35. The number of para-hydroxylation sites is 2. The van der Waals surface area contributed by atoms with E-state index in [0.29, 0.717) is 11.5 Å². The number of likely N-dealkylation sites (tertiary alicyclic amines) is 1. The minimum Gasteiger partial charge on any atom is -0.485 e. The van der Waals surface area contributed by atoms with E-state index >= 15 is 0 Å². The molecule has 126 valence electrons. The van der Waals surface area contributed by atoms with Crippen LogP contribution in [0.3, 0.4) is 0 Å². The molecule has 2 aliphatic heterocycles. The Morgan fingerprint density at radius 3 is 2.96 bits per heavy atom. The van der Waals surface area contributed by atoms with Crippen molar-refractivity contribution in [3.63, 3.8) is 0 Å². The smallest absolute Gasteiger partial charge is 0.267 e. The van der Waals surface area contributed by atoms with Crippen molar-refractivity contribution >= 4 is 5.91 Å². The van der Waals surface area contributed by atoms with Crippen molar-refractivity contribution in [2.75, 3.05) is 13.2 Å². The number of hydrogen-bond donors (Lipinski definition) is 0. The molecule has 0 saturated carbocycles. The molecule has 0 aliphatic carbocycles. The van der Waals surface area contributed by atoms with Gasteiger partial charge >= 0.3 is 0 Å². The fourth-order valence-electron chi connectivity index (χ4n) is 3.42. The zero-order chi connectivity index (χ0) is 16.5. The molecule has 1 saturated heterocycles. The van der Waals surface area contributed by atoms with Crippen molar-refractivity contribution in [3.8, 4) is 11.5 Å². The molecule has 4 rings (SSSR count). The first-order chi connectivity index (χ1) is 11.7. The van der Waals surface area contributed by atoms with Gasteiger partial charge in [0.25, 0.3) is 5.91 Å². The number of fused-ring (bicyclic) bond motifs is 1. The zero-order valence-corrected chi connectivity index (χ0v) is 13.7.